The van der Waals surface area contributed by atoms with Gasteiger partial charge in [-0.05, 0) is 45.3 Å². The van der Waals surface area contributed by atoms with Crippen LogP contribution < -0.4 is 0 Å². The first kappa shape index (κ1) is 17.6. The van der Waals surface area contributed by atoms with Crippen LogP contribution in [0.4, 0.5) is 0 Å². The lowest BCUT2D eigenvalue weighted by molar-refractivity contribution is 0.179. The molecular formula is C18H28N2O. The van der Waals surface area contributed by atoms with Gasteiger partial charge in [0.15, 0.2) is 0 Å². The molecule has 0 spiro atoms. The van der Waals surface area contributed by atoms with Crippen LogP contribution in [0.1, 0.15) is 34.1 Å². The van der Waals surface area contributed by atoms with Crippen molar-refractivity contribution in [3.8, 4) is 0 Å². The summed E-state index contributed by atoms with van der Waals surface area (Å²) in [7, 11) is 0. The predicted molar refractivity (Wildman–Crippen MR) is 91.6 cm³/mol. The van der Waals surface area contributed by atoms with E-state index in [4.69, 9.17) is 4.99 Å². The molecule has 116 valence electrons. The number of nitrogens with zero attached hydrogens (tertiary/aromatic N) is 2. The molecule has 3 heteroatoms. The van der Waals surface area contributed by atoms with Crippen molar-refractivity contribution < 1.29 is 5.11 Å². The molecule has 1 rings (SSSR count). The van der Waals surface area contributed by atoms with E-state index in [1.807, 2.05) is 39.0 Å². The van der Waals surface area contributed by atoms with Crippen LogP contribution in [0.15, 0.2) is 52.7 Å². The highest BCUT2D eigenvalue weighted by molar-refractivity contribution is 5.97. The maximum atomic E-state index is 9.66. The van der Waals surface area contributed by atoms with Crippen molar-refractivity contribution in [3.05, 3.63) is 47.7 Å². The third kappa shape index (κ3) is 6.23. The highest BCUT2D eigenvalue weighted by Gasteiger charge is 2.21. The summed E-state index contributed by atoms with van der Waals surface area (Å²) < 4.78 is 0. The minimum Gasteiger partial charge on any atom is -0.392 e. The third-order valence-corrected chi connectivity index (χ3v) is 3.65. The molecule has 1 saturated heterocycles. The highest BCUT2D eigenvalue weighted by Crippen LogP contribution is 2.16. The number of hydrogen-bond acceptors (Lipinski definition) is 3. The summed E-state index contributed by atoms with van der Waals surface area (Å²) in [6, 6.07) is 0. The Labute approximate surface area is 129 Å². The summed E-state index contributed by atoms with van der Waals surface area (Å²) in [5.74, 6) is 0. The number of rotatable bonds is 6. The number of allylic oxidation sites excluding steroid dienone is 6. The van der Waals surface area contributed by atoms with E-state index >= 15 is 0 Å². The van der Waals surface area contributed by atoms with E-state index in [1.54, 1.807) is 0 Å². The van der Waals surface area contributed by atoms with Crippen molar-refractivity contribution >= 4 is 5.71 Å². The lowest BCUT2D eigenvalue weighted by Crippen LogP contribution is -2.24. The quantitative estimate of drug-likeness (QED) is 0.600. The lowest BCUT2D eigenvalue weighted by Gasteiger charge is -2.17. The second kappa shape index (κ2) is 8.75. The van der Waals surface area contributed by atoms with Gasteiger partial charge in [-0.2, -0.15) is 0 Å². The number of hydrogen-bond donors (Lipinski definition) is 1. The van der Waals surface area contributed by atoms with Crippen LogP contribution in [-0.2, 0) is 0 Å². The Balaban J connectivity index is 2.96. The van der Waals surface area contributed by atoms with Crippen LogP contribution in [0.5, 0.6) is 0 Å². The van der Waals surface area contributed by atoms with Crippen LogP contribution in [0.3, 0.4) is 0 Å². The highest BCUT2D eigenvalue weighted by atomic mass is 16.3. The van der Waals surface area contributed by atoms with Gasteiger partial charge in [0.2, 0.25) is 0 Å². The average molecular weight is 288 g/mol. The van der Waals surface area contributed by atoms with Crippen LogP contribution in [0.25, 0.3) is 0 Å². The van der Waals surface area contributed by atoms with Crippen molar-refractivity contribution in [2.75, 3.05) is 19.6 Å². The maximum absolute atomic E-state index is 9.66. The van der Waals surface area contributed by atoms with Gasteiger partial charge in [-0.1, -0.05) is 30.9 Å². The second-order valence-electron chi connectivity index (χ2n) is 5.67. The average Bonchev–Trinajstić information content (AvgIpc) is 2.83. The molecule has 0 radical (unpaired) electrons. The number of aliphatic hydroxyl groups excluding tert-OH is 1. The Kier molecular flexibility index (Phi) is 7.34. The fraction of sp³-hybridized carbons (Fsp3) is 0.500. The monoisotopic (exact) mass is 288 g/mol. The van der Waals surface area contributed by atoms with Gasteiger partial charge in [0.1, 0.15) is 0 Å². The molecular weight excluding hydrogens is 260 g/mol. The largest absolute Gasteiger partial charge is 0.392 e. The summed E-state index contributed by atoms with van der Waals surface area (Å²) in [6.45, 7) is 14.4. The molecule has 0 aliphatic carbocycles. The van der Waals surface area contributed by atoms with E-state index in [0.29, 0.717) is 0 Å². The van der Waals surface area contributed by atoms with Crippen LogP contribution in [-0.4, -0.2) is 41.5 Å². The van der Waals surface area contributed by atoms with Crippen molar-refractivity contribution in [2.24, 2.45) is 4.99 Å². The Morgan fingerprint density at radius 1 is 1.33 bits per heavy atom. The zero-order chi connectivity index (χ0) is 15.8. The molecule has 0 aromatic heterocycles. The molecule has 1 atom stereocenters. The maximum Gasteiger partial charge on any atom is 0.0679 e. The molecule has 3 nitrogen and oxygen atoms in total. The fourth-order valence-corrected chi connectivity index (χ4v) is 2.12. The molecule has 0 aromatic rings. The first-order chi connectivity index (χ1) is 9.93. The number of aliphatic hydroxyl groups is 1. The third-order valence-electron chi connectivity index (χ3n) is 3.65. The van der Waals surface area contributed by atoms with E-state index in [-0.39, 0.29) is 6.10 Å². The standard InChI is InChI=1S/C18H28N2O/c1-6-7-8-9-15(4)18(19-16(5)14(2)3)13-20-11-10-17(21)12-20/h6-9,17,21H,2,10-13H2,1,3-5H3/b7-6-,9-8-,18-15+,19-16?. The summed E-state index contributed by atoms with van der Waals surface area (Å²) in [6.07, 6.45) is 8.77. The van der Waals surface area contributed by atoms with Gasteiger partial charge in [0.05, 0.1) is 11.8 Å². The van der Waals surface area contributed by atoms with Gasteiger partial charge in [0.25, 0.3) is 0 Å². The summed E-state index contributed by atoms with van der Waals surface area (Å²) in [5, 5.41) is 9.66. The van der Waals surface area contributed by atoms with Gasteiger partial charge in [-0.15, -0.1) is 0 Å². The first-order valence-electron chi connectivity index (χ1n) is 7.54. The zero-order valence-corrected chi connectivity index (χ0v) is 13.8. The Morgan fingerprint density at radius 2 is 2.05 bits per heavy atom. The SMILES string of the molecule is C=C(C)C(C)=N/C(CN1CCC(O)C1)=C(C)/C=C\C=C/C. The Hall–Kier alpha value is -1.45. The van der Waals surface area contributed by atoms with E-state index in [9.17, 15) is 5.11 Å². The number of aliphatic imine (C=N–C) groups is 1. The van der Waals surface area contributed by atoms with Crippen molar-refractivity contribution in [1.82, 2.24) is 4.90 Å². The number of likely N-dealkylation sites (tertiary alicyclic amines) is 1. The topological polar surface area (TPSA) is 35.8 Å². The molecule has 1 fully saturated rings. The molecule has 1 unspecified atom stereocenters. The molecule has 0 aromatic carbocycles. The lowest BCUT2D eigenvalue weighted by atomic mass is 10.1. The smallest absolute Gasteiger partial charge is 0.0679 e. The molecule has 1 aliphatic rings. The second-order valence-corrected chi connectivity index (χ2v) is 5.67. The molecule has 1 N–H and O–H groups in total. The van der Waals surface area contributed by atoms with Crippen LogP contribution >= 0.6 is 0 Å². The molecule has 1 aliphatic heterocycles. The molecule has 0 saturated carbocycles. The molecule has 21 heavy (non-hydrogen) atoms. The first-order valence-corrected chi connectivity index (χ1v) is 7.54. The van der Waals surface area contributed by atoms with Gasteiger partial charge in [-0.3, -0.25) is 9.89 Å². The summed E-state index contributed by atoms with van der Waals surface area (Å²) >= 11 is 0. The predicted octanol–water partition coefficient (Wildman–Crippen LogP) is 3.50. The minimum absolute atomic E-state index is 0.198. The van der Waals surface area contributed by atoms with E-state index in [0.717, 1.165) is 48.6 Å². The van der Waals surface area contributed by atoms with Gasteiger partial charge < -0.3 is 5.11 Å². The van der Waals surface area contributed by atoms with Gasteiger partial charge in [0, 0.05) is 25.3 Å². The van der Waals surface area contributed by atoms with Gasteiger partial charge >= 0.3 is 0 Å². The number of β-amino-alcohol motifs (C(OH)–C–C–N with tert-alkyl or cyclic N) is 1. The minimum atomic E-state index is -0.198. The Morgan fingerprint density at radius 3 is 2.57 bits per heavy atom. The molecule has 0 amide bonds. The fourth-order valence-electron chi connectivity index (χ4n) is 2.12. The van der Waals surface area contributed by atoms with Crippen LogP contribution in [0.2, 0.25) is 0 Å². The molecule has 1 heterocycles. The van der Waals surface area contributed by atoms with Crippen LogP contribution in [0, 0.1) is 0 Å². The normalized spacial score (nSPS) is 22.3. The van der Waals surface area contributed by atoms with E-state index in [1.165, 1.54) is 0 Å². The van der Waals surface area contributed by atoms with Crippen molar-refractivity contribution in [2.45, 2.75) is 40.2 Å². The zero-order valence-electron chi connectivity index (χ0n) is 13.8. The summed E-state index contributed by atoms with van der Waals surface area (Å²) in [4.78, 5) is 6.99. The Bertz CT molecular complexity index is 483. The van der Waals surface area contributed by atoms with Crippen molar-refractivity contribution in [3.63, 3.8) is 0 Å². The summed E-state index contributed by atoms with van der Waals surface area (Å²) in [5.41, 5.74) is 4.14. The molecule has 0 bridgehead atoms. The van der Waals surface area contributed by atoms with Crippen molar-refractivity contribution in [1.29, 1.82) is 0 Å². The van der Waals surface area contributed by atoms with Gasteiger partial charge in [-0.25, -0.2) is 0 Å². The van der Waals surface area contributed by atoms with E-state index in [2.05, 4.69) is 24.5 Å². The van der Waals surface area contributed by atoms with E-state index < -0.39 is 0 Å².